The van der Waals surface area contributed by atoms with Crippen LogP contribution in [-0.2, 0) is 11.4 Å². The molecule has 2 aromatic rings. The molecule has 0 unspecified atom stereocenters. The number of hydrogen-bond acceptors (Lipinski definition) is 5. The number of aliphatic hydroxyl groups is 1. The van der Waals surface area contributed by atoms with Gasteiger partial charge < -0.3 is 19.6 Å². The lowest BCUT2D eigenvalue weighted by Gasteiger charge is -2.42. The third-order valence-corrected chi connectivity index (χ3v) is 6.54. The fourth-order valence-electron chi connectivity index (χ4n) is 4.41. The lowest BCUT2D eigenvalue weighted by atomic mass is 9.81. The maximum absolute atomic E-state index is 11.7. The number of benzene rings is 1. The summed E-state index contributed by atoms with van der Waals surface area (Å²) in [6.45, 7) is 5.55. The quantitative estimate of drug-likeness (QED) is 0.730. The summed E-state index contributed by atoms with van der Waals surface area (Å²) in [4.78, 5) is 20.0. The first-order valence-corrected chi connectivity index (χ1v) is 10.9. The van der Waals surface area contributed by atoms with Crippen molar-refractivity contribution < 1.29 is 14.6 Å². The van der Waals surface area contributed by atoms with Crippen molar-refractivity contribution in [1.29, 1.82) is 0 Å². The molecule has 0 aliphatic carbocycles. The Morgan fingerprint density at radius 3 is 2.58 bits per heavy atom. The van der Waals surface area contributed by atoms with Crippen molar-refractivity contribution >= 4 is 29.3 Å². The first-order valence-electron chi connectivity index (χ1n) is 10.6. The number of ether oxygens (including phenoxy) is 1. The van der Waals surface area contributed by atoms with Crippen LogP contribution in [0.1, 0.15) is 36.6 Å². The van der Waals surface area contributed by atoms with Crippen molar-refractivity contribution in [1.82, 2.24) is 9.88 Å². The average molecular weight is 442 g/mol. The van der Waals surface area contributed by atoms with E-state index in [0.29, 0.717) is 50.0 Å². The second-order valence-electron chi connectivity index (χ2n) is 8.42. The number of halogens is 1. The van der Waals surface area contributed by atoms with Crippen molar-refractivity contribution in [3.8, 4) is 5.75 Å². The molecule has 4 rings (SSSR count). The van der Waals surface area contributed by atoms with E-state index in [1.165, 1.54) is 0 Å². The van der Waals surface area contributed by atoms with Gasteiger partial charge in [-0.05, 0) is 37.0 Å². The molecular formula is C24H28ClN3O3. The number of fused-ring (bicyclic) bond motifs is 1. The van der Waals surface area contributed by atoms with Crippen LogP contribution in [0.3, 0.4) is 0 Å². The second kappa shape index (κ2) is 8.52. The van der Waals surface area contributed by atoms with Gasteiger partial charge >= 0.3 is 0 Å². The molecule has 1 aromatic carbocycles. The molecule has 1 amide bonds. The molecule has 3 heterocycles. The fourth-order valence-corrected chi connectivity index (χ4v) is 4.68. The Morgan fingerprint density at radius 2 is 1.94 bits per heavy atom. The van der Waals surface area contributed by atoms with E-state index >= 15 is 0 Å². The number of carbonyl (C=O) groups is 1. The molecule has 0 bridgehead atoms. The Labute approximate surface area is 188 Å². The van der Waals surface area contributed by atoms with E-state index in [2.05, 4.69) is 9.88 Å². The Bertz CT molecular complexity index is 1010. The number of nitrogens with zero attached hydrogens (tertiary/aromatic N) is 3. The van der Waals surface area contributed by atoms with Gasteiger partial charge in [-0.3, -0.25) is 4.79 Å². The van der Waals surface area contributed by atoms with Crippen molar-refractivity contribution in [2.75, 3.05) is 31.6 Å². The molecule has 1 saturated heterocycles. The lowest BCUT2D eigenvalue weighted by molar-refractivity contribution is -0.132. The van der Waals surface area contributed by atoms with Gasteiger partial charge in [0.05, 0.1) is 17.0 Å². The summed E-state index contributed by atoms with van der Waals surface area (Å²) in [7, 11) is 1.98. The maximum Gasteiger partial charge on any atom is 0.219 e. The highest BCUT2D eigenvalue weighted by atomic mass is 35.5. The number of aryl methyl sites for hydroxylation is 1. The van der Waals surface area contributed by atoms with E-state index in [0.717, 1.165) is 28.1 Å². The summed E-state index contributed by atoms with van der Waals surface area (Å²) in [6, 6.07) is 10.00. The summed E-state index contributed by atoms with van der Waals surface area (Å²) in [5.74, 6) is 0.754. The number of anilines is 1. The molecule has 0 saturated carbocycles. The predicted molar refractivity (Wildman–Crippen MR) is 122 cm³/mol. The Kier molecular flexibility index (Phi) is 5.95. The van der Waals surface area contributed by atoms with E-state index in [4.69, 9.17) is 16.3 Å². The first kappa shape index (κ1) is 21.7. The zero-order valence-corrected chi connectivity index (χ0v) is 18.9. The SMILES string of the molecule is CC(=O)N1CCC(O)(C2=Cc3c(Cl)nc(C)c(OCc4ccccc4)c3N(C)C2)CC1. The topological polar surface area (TPSA) is 65.9 Å². The minimum atomic E-state index is -0.961. The molecule has 31 heavy (non-hydrogen) atoms. The molecule has 0 atom stereocenters. The summed E-state index contributed by atoms with van der Waals surface area (Å²) in [5, 5.41) is 11.8. The van der Waals surface area contributed by atoms with Crippen LogP contribution in [0.2, 0.25) is 5.15 Å². The number of hydrogen-bond donors (Lipinski definition) is 1. The normalized spacial score (nSPS) is 17.8. The van der Waals surface area contributed by atoms with Crippen LogP contribution in [-0.4, -0.2) is 53.2 Å². The van der Waals surface area contributed by atoms with Crippen LogP contribution in [0.15, 0.2) is 35.9 Å². The van der Waals surface area contributed by atoms with E-state index in [9.17, 15) is 9.90 Å². The number of rotatable bonds is 4. The van der Waals surface area contributed by atoms with E-state index in [1.54, 1.807) is 11.8 Å². The molecule has 164 valence electrons. The van der Waals surface area contributed by atoms with Crippen LogP contribution in [0.5, 0.6) is 5.75 Å². The van der Waals surface area contributed by atoms with Gasteiger partial charge in [0.15, 0.2) is 5.75 Å². The predicted octanol–water partition coefficient (Wildman–Crippen LogP) is 3.83. The van der Waals surface area contributed by atoms with Gasteiger partial charge in [-0.25, -0.2) is 4.98 Å². The molecule has 6 nitrogen and oxygen atoms in total. The van der Waals surface area contributed by atoms with Gasteiger partial charge in [-0.2, -0.15) is 0 Å². The molecule has 0 radical (unpaired) electrons. The summed E-state index contributed by atoms with van der Waals surface area (Å²) in [6.07, 6.45) is 2.98. The maximum atomic E-state index is 11.7. The third kappa shape index (κ3) is 4.27. The summed E-state index contributed by atoms with van der Waals surface area (Å²) < 4.78 is 6.19. The van der Waals surface area contributed by atoms with Gasteiger partial charge in [0, 0.05) is 39.2 Å². The number of aromatic nitrogens is 1. The Morgan fingerprint density at radius 1 is 1.26 bits per heavy atom. The minimum absolute atomic E-state index is 0.0464. The monoisotopic (exact) mass is 441 g/mol. The van der Waals surface area contributed by atoms with Crippen LogP contribution in [0, 0.1) is 6.92 Å². The summed E-state index contributed by atoms with van der Waals surface area (Å²) >= 11 is 6.54. The largest absolute Gasteiger partial charge is 0.485 e. The van der Waals surface area contributed by atoms with Gasteiger partial charge in [0.1, 0.15) is 11.8 Å². The first-order chi connectivity index (χ1) is 14.8. The number of likely N-dealkylation sites (tertiary alicyclic amines) is 1. The Hall–Kier alpha value is -2.57. The summed E-state index contributed by atoms with van der Waals surface area (Å²) in [5.41, 5.74) is 3.40. The second-order valence-corrected chi connectivity index (χ2v) is 8.78. The van der Waals surface area contributed by atoms with E-state index in [1.807, 2.05) is 50.4 Å². The average Bonchev–Trinajstić information content (AvgIpc) is 2.74. The van der Waals surface area contributed by atoms with Crippen molar-refractivity contribution in [2.24, 2.45) is 0 Å². The molecule has 2 aliphatic heterocycles. The van der Waals surface area contributed by atoms with Crippen molar-refractivity contribution in [2.45, 2.75) is 38.9 Å². The van der Waals surface area contributed by atoms with Crippen molar-refractivity contribution in [3.05, 3.63) is 57.9 Å². The van der Waals surface area contributed by atoms with Crippen LogP contribution < -0.4 is 9.64 Å². The van der Waals surface area contributed by atoms with Crippen LogP contribution >= 0.6 is 11.6 Å². The highest BCUT2D eigenvalue weighted by Crippen LogP contribution is 2.44. The Balaban J connectivity index is 1.65. The lowest BCUT2D eigenvalue weighted by Crippen LogP contribution is -2.49. The number of piperidine rings is 1. The van der Waals surface area contributed by atoms with E-state index in [-0.39, 0.29) is 5.91 Å². The zero-order chi connectivity index (χ0) is 22.2. The molecule has 1 fully saturated rings. The molecule has 2 aliphatic rings. The molecular weight excluding hydrogens is 414 g/mol. The third-order valence-electron chi connectivity index (χ3n) is 6.25. The smallest absolute Gasteiger partial charge is 0.219 e. The standard InChI is InChI=1S/C24H28ClN3O3/c1-16-22(31-15-18-7-5-4-6-8-18)21-20(23(25)26-16)13-19(14-27(21)3)24(30)9-11-28(12-10-24)17(2)29/h4-8,13,30H,9-12,14-15H2,1-3H3. The highest BCUT2D eigenvalue weighted by molar-refractivity contribution is 6.31. The van der Waals surface area contributed by atoms with E-state index < -0.39 is 5.60 Å². The minimum Gasteiger partial charge on any atom is -0.485 e. The fraction of sp³-hybridized carbons (Fsp3) is 0.417. The molecule has 1 aromatic heterocycles. The van der Waals surface area contributed by atoms with Crippen LogP contribution in [0.4, 0.5) is 5.69 Å². The number of amides is 1. The number of likely N-dealkylation sites (N-methyl/N-ethyl adjacent to an activating group) is 1. The van der Waals surface area contributed by atoms with Crippen LogP contribution in [0.25, 0.3) is 6.08 Å². The van der Waals surface area contributed by atoms with Gasteiger partial charge in [-0.1, -0.05) is 41.9 Å². The molecule has 1 N–H and O–H groups in total. The molecule has 7 heteroatoms. The molecule has 0 spiro atoms. The van der Waals surface area contributed by atoms with Gasteiger partial charge in [-0.15, -0.1) is 0 Å². The zero-order valence-electron chi connectivity index (χ0n) is 18.2. The highest BCUT2D eigenvalue weighted by Gasteiger charge is 2.39. The number of pyridine rings is 1. The van der Waals surface area contributed by atoms with Gasteiger partial charge in [0.25, 0.3) is 0 Å². The number of carbonyl (C=O) groups excluding carboxylic acids is 1. The van der Waals surface area contributed by atoms with Gasteiger partial charge in [0.2, 0.25) is 5.91 Å². The van der Waals surface area contributed by atoms with Crippen molar-refractivity contribution in [3.63, 3.8) is 0 Å².